The molecule has 36 heavy (non-hydrogen) atoms. The van der Waals surface area contributed by atoms with Gasteiger partial charge >= 0.3 is 12.0 Å². The fourth-order valence-corrected chi connectivity index (χ4v) is 6.06. The summed E-state index contributed by atoms with van der Waals surface area (Å²) in [5.41, 5.74) is 2.49. The van der Waals surface area contributed by atoms with Crippen molar-refractivity contribution in [2.45, 2.75) is 16.7 Å². The molecule has 0 aliphatic rings. The Morgan fingerprint density at radius 2 is 1.44 bits per heavy atom. The van der Waals surface area contributed by atoms with E-state index >= 15 is 0 Å². The monoisotopic (exact) mass is 521 g/mol. The van der Waals surface area contributed by atoms with Crippen molar-refractivity contribution < 1.29 is 23.1 Å². The summed E-state index contributed by atoms with van der Waals surface area (Å²) in [5, 5.41) is 14.8. The fourth-order valence-electron chi connectivity index (χ4n) is 3.52. The van der Waals surface area contributed by atoms with Crippen molar-refractivity contribution in [2.75, 3.05) is 10.6 Å². The van der Waals surface area contributed by atoms with Crippen LogP contribution in [0.25, 0.3) is 10.4 Å². The topological polar surface area (TPSA) is 125 Å². The lowest BCUT2D eigenvalue weighted by Gasteiger charge is -2.16. The largest absolute Gasteiger partial charge is 0.481 e. The van der Waals surface area contributed by atoms with Gasteiger partial charge in [0.25, 0.3) is 10.0 Å². The minimum absolute atomic E-state index is 0.0593. The first-order valence-electron chi connectivity index (χ1n) is 10.9. The van der Waals surface area contributed by atoms with Crippen LogP contribution in [0, 0.1) is 0 Å². The SMILES string of the molecule is O=C(O)CC(NS(=O)(=O)c1ccc(-c2cccc(NC(=O)Nc3ccccc3)c2)s1)c1ccccc1. The number of amides is 2. The van der Waals surface area contributed by atoms with Crippen molar-refractivity contribution in [1.29, 1.82) is 0 Å². The number of carbonyl (C=O) groups excluding carboxylic acids is 1. The number of urea groups is 1. The third-order valence-corrected chi connectivity index (χ3v) is 8.26. The van der Waals surface area contributed by atoms with E-state index in [1.54, 1.807) is 66.7 Å². The highest BCUT2D eigenvalue weighted by Crippen LogP contribution is 2.33. The van der Waals surface area contributed by atoms with Crippen molar-refractivity contribution in [3.63, 3.8) is 0 Å². The summed E-state index contributed by atoms with van der Waals surface area (Å²) in [5.74, 6) is -1.11. The number of hydrogen-bond donors (Lipinski definition) is 4. The van der Waals surface area contributed by atoms with Gasteiger partial charge in [-0.05, 0) is 47.5 Å². The molecule has 10 heteroatoms. The molecule has 1 atom stereocenters. The van der Waals surface area contributed by atoms with E-state index in [1.165, 1.54) is 6.07 Å². The molecule has 4 N–H and O–H groups in total. The maximum absolute atomic E-state index is 13.1. The molecule has 0 aliphatic carbocycles. The molecule has 184 valence electrons. The first-order valence-corrected chi connectivity index (χ1v) is 13.2. The summed E-state index contributed by atoms with van der Waals surface area (Å²) < 4.78 is 28.7. The van der Waals surface area contributed by atoms with Crippen LogP contribution in [0.5, 0.6) is 0 Å². The molecule has 0 fully saturated rings. The number of thiophene rings is 1. The summed E-state index contributed by atoms with van der Waals surface area (Å²) in [4.78, 5) is 24.3. The Hall–Kier alpha value is -3.99. The van der Waals surface area contributed by atoms with Crippen molar-refractivity contribution in [1.82, 2.24) is 4.72 Å². The predicted octanol–water partition coefficient (Wildman–Crippen LogP) is 5.55. The van der Waals surface area contributed by atoms with Gasteiger partial charge in [-0.1, -0.05) is 60.7 Å². The molecular formula is C26H23N3O5S2. The third-order valence-electron chi connectivity index (χ3n) is 5.16. The normalized spacial score (nSPS) is 12.0. The molecular weight excluding hydrogens is 498 g/mol. The predicted molar refractivity (Wildman–Crippen MR) is 141 cm³/mol. The van der Waals surface area contributed by atoms with Crippen molar-refractivity contribution in [3.05, 3.63) is 103 Å². The summed E-state index contributed by atoms with van der Waals surface area (Å²) in [6, 6.07) is 26.5. The first-order chi connectivity index (χ1) is 17.3. The number of carboxylic acids is 1. The second-order valence-electron chi connectivity index (χ2n) is 7.83. The number of nitrogens with one attached hydrogen (secondary N) is 3. The Morgan fingerprint density at radius 1 is 0.806 bits per heavy atom. The Morgan fingerprint density at radius 3 is 2.14 bits per heavy atom. The highest BCUT2D eigenvalue weighted by Gasteiger charge is 2.25. The molecule has 1 unspecified atom stereocenters. The van der Waals surface area contributed by atoms with E-state index in [0.29, 0.717) is 21.8 Å². The van der Waals surface area contributed by atoms with Crippen LogP contribution in [0.4, 0.5) is 16.2 Å². The van der Waals surface area contributed by atoms with Crippen LogP contribution in [0.15, 0.2) is 101 Å². The lowest BCUT2D eigenvalue weighted by atomic mass is 10.1. The van der Waals surface area contributed by atoms with E-state index in [2.05, 4.69) is 15.4 Å². The molecule has 4 aromatic rings. The van der Waals surface area contributed by atoms with Gasteiger partial charge in [-0.25, -0.2) is 17.9 Å². The van der Waals surface area contributed by atoms with E-state index in [1.807, 2.05) is 24.3 Å². The Kier molecular flexibility index (Phi) is 7.79. The molecule has 1 aromatic heterocycles. The van der Waals surface area contributed by atoms with E-state index in [-0.39, 0.29) is 10.6 Å². The zero-order valence-corrected chi connectivity index (χ0v) is 20.6. The number of aliphatic carboxylic acids is 1. The van der Waals surface area contributed by atoms with Gasteiger partial charge in [0.1, 0.15) is 4.21 Å². The van der Waals surface area contributed by atoms with Gasteiger partial charge in [-0.2, -0.15) is 0 Å². The van der Waals surface area contributed by atoms with E-state index in [0.717, 1.165) is 16.9 Å². The van der Waals surface area contributed by atoms with E-state index in [4.69, 9.17) is 0 Å². The molecule has 0 radical (unpaired) electrons. The van der Waals surface area contributed by atoms with Crippen LogP contribution in [-0.4, -0.2) is 25.5 Å². The van der Waals surface area contributed by atoms with Gasteiger partial charge in [0.15, 0.2) is 0 Å². The summed E-state index contributed by atoms with van der Waals surface area (Å²) in [7, 11) is -3.98. The van der Waals surface area contributed by atoms with Gasteiger partial charge in [-0.3, -0.25) is 4.79 Å². The lowest BCUT2D eigenvalue weighted by molar-refractivity contribution is -0.137. The number of carboxylic acid groups (broad SMARTS) is 1. The van der Waals surface area contributed by atoms with Crippen molar-refractivity contribution >= 4 is 44.7 Å². The molecule has 0 saturated heterocycles. The number of sulfonamides is 1. The van der Waals surface area contributed by atoms with Crippen molar-refractivity contribution in [3.8, 4) is 10.4 Å². The zero-order valence-electron chi connectivity index (χ0n) is 18.9. The van der Waals surface area contributed by atoms with Crippen LogP contribution in [-0.2, 0) is 14.8 Å². The number of anilines is 2. The maximum atomic E-state index is 13.1. The van der Waals surface area contributed by atoms with Crippen LogP contribution in [0.2, 0.25) is 0 Å². The lowest BCUT2D eigenvalue weighted by Crippen LogP contribution is -2.29. The molecule has 1 heterocycles. The highest BCUT2D eigenvalue weighted by atomic mass is 32.2. The van der Waals surface area contributed by atoms with Crippen LogP contribution in [0.3, 0.4) is 0 Å². The fraction of sp³-hybridized carbons (Fsp3) is 0.0769. The minimum Gasteiger partial charge on any atom is -0.481 e. The van der Waals surface area contributed by atoms with Gasteiger partial charge in [0.05, 0.1) is 12.5 Å². The van der Waals surface area contributed by atoms with Crippen molar-refractivity contribution in [2.24, 2.45) is 0 Å². The van der Waals surface area contributed by atoms with Crippen LogP contribution < -0.4 is 15.4 Å². The summed E-state index contributed by atoms with van der Waals surface area (Å²) in [6.07, 6.45) is -0.389. The molecule has 0 aliphatic heterocycles. The molecule has 8 nitrogen and oxygen atoms in total. The third kappa shape index (κ3) is 6.57. The standard InChI is InChI=1S/C26H23N3O5S2/c30-24(31)17-22(18-8-3-1-4-9-18)29-36(33,34)25-15-14-23(35-25)19-10-7-13-21(16-19)28-26(32)27-20-11-5-2-6-12-20/h1-16,22,29H,17H2,(H,30,31)(H2,27,28,32). The number of carbonyl (C=O) groups is 2. The highest BCUT2D eigenvalue weighted by molar-refractivity contribution is 7.91. The Balaban J connectivity index is 1.49. The van der Waals surface area contributed by atoms with Crippen LogP contribution in [0.1, 0.15) is 18.0 Å². The number of para-hydroxylation sites is 1. The molecule has 2 amide bonds. The van der Waals surface area contributed by atoms with Gasteiger partial charge in [-0.15, -0.1) is 11.3 Å². The second kappa shape index (κ2) is 11.2. The first kappa shape index (κ1) is 25.1. The Bertz CT molecular complexity index is 1460. The molecule has 3 aromatic carbocycles. The summed E-state index contributed by atoms with van der Waals surface area (Å²) >= 11 is 1.05. The van der Waals surface area contributed by atoms with E-state index in [9.17, 15) is 23.1 Å². The van der Waals surface area contributed by atoms with Gasteiger partial charge < -0.3 is 15.7 Å². The molecule has 0 saturated carbocycles. The number of hydrogen-bond acceptors (Lipinski definition) is 5. The van der Waals surface area contributed by atoms with Gasteiger partial charge in [0, 0.05) is 16.3 Å². The second-order valence-corrected chi connectivity index (χ2v) is 10.9. The Labute approximate surface area is 212 Å². The number of rotatable bonds is 9. The van der Waals surface area contributed by atoms with E-state index < -0.39 is 28.1 Å². The molecule has 0 spiro atoms. The quantitative estimate of drug-likeness (QED) is 0.230. The maximum Gasteiger partial charge on any atom is 0.323 e. The average Bonchev–Trinajstić information content (AvgIpc) is 3.36. The minimum atomic E-state index is -3.98. The molecule has 0 bridgehead atoms. The molecule has 4 rings (SSSR count). The smallest absolute Gasteiger partial charge is 0.323 e. The number of benzene rings is 3. The van der Waals surface area contributed by atoms with Gasteiger partial charge in [0.2, 0.25) is 0 Å². The average molecular weight is 522 g/mol. The van der Waals surface area contributed by atoms with Crippen LogP contribution >= 0.6 is 11.3 Å². The zero-order chi connectivity index (χ0) is 25.5. The summed E-state index contributed by atoms with van der Waals surface area (Å²) in [6.45, 7) is 0.